The third-order valence-corrected chi connectivity index (χ3v) is 4.29. The summed E-state index contributed by atoms with van der Waals surface area (Å²) in [6, 6.07) is 15.3. The topological polar surface area (TPSA) is 119 Å². The zero-order chi connectivity index (χ0) is 21.1. The molecule has 9 nitrogen and oxygen atoms in total. The van der Waals surface area contributed by atoms with Gasteiger partial charge in [-0.15, -0.1) is 0 Å². The van der Waals surface area contributed by atoms with E-state index in [9.17, 15) is 14.4 Å². The monoisotopic (exact) mass is 404 g/mol. The van der Waals surface area contributed by atoms with E-state index in [1.165, 1.54) is 30.3 Å². The number of rotatable bonds is 5. The molecule has 0 aliphatic carbocycles. The van der Waals surface area contributed by atoms with Gasteiger partial charge in [-0.3, -0.25) is 9.59 Å². The Bertz CT molecular complexity index is 1260. The summed E-state index contributed by atoms with van der Waals surface area (Å²) in [5.74, 6) is -0.739. The molecule has 0 saturated heterocycles. The largest absolute Gasteiger partial charge is 0.465 e. The predicted molar refractivity (Wildman–Crippen MR) is 108 cm³/mol. The number of amides is 1. The number of hydrogen-bond acceptors (Lipinski definition) is 6. The van der Waals surface area contributed by atoms with E-state index in [2.05, 4.69) is 20.1 Å². The SMILES string of the molecule is COC(=O)c1c[nH]c(=O)c(NC(=O)c2cc(-c3ccco3)nn2-c2ccccc2)c1. The standard InChI is InChI=1S/C21H16N4O5/c1-29-21(28)13-10-16(19(26)22-12-13)23-20(27)17-11-15(18-8-5-9-30-18)24-25(17)14-6-3-2-4-7-14/h2-12H,1H3,(H,22,26)(H,23,27). The Morgan fingerprint density at radius 3 is 2.63 bits per heavy atom. The molecule has 0 aliphatic rings. The van der Waals surface area contributed by atoms with Crippen LogP contribution in [-0.4, -0.2) is 33.8 Å². The van der Waals surface area contributed by atoms with Gasteiger partial charge in [0.1, 0.15) is 17.1 Å². The lowest BCUT2D eigenvalue weighted by Gasteiger charge is -2.08. The second kappa shape index (κ2) is 7.92. The van der Waals surface area contributed by atoms with E-state index < -0.39 is 17.4 Å². The molecular formula is C21H16N4O5. The number of H-pyrrole nitrogens is 1. The number of nitrogens with zero attached hydrogens (tertiary/aromatic N) is 2. The van der Waals surface area contributed by atoms with Gasteiger partial charge in [0.2, 0.25) is 0 Å². The van der Waals surface area contributed by atoms with Crippen molar-refractivity contribution in [1.29, 1.82) is 0 Å². The maximum absolute atomic E-state index is 13.0. The summed E-state index contributed by atoms with van der Waals surface area (Å²) in [5.41, 5.74) is 0.718. The Morgan fingerprint density at radius 1 is 1.13 bits per heavy atom. The maximum atomic E-state index is 13.0. The number of para-hydroxylation sites is 1. The molecule has 0 aliphatic heterocycles. The van der Waals surface area contributed by atoms with Gasteiger partial charge in [-0.25, -0.2) is 9.48 Å². The van der Waals surface area contributed by atoms with Crippen LogP contribution in [-0.2, 0) is 4.74 Å². The summed E-state index contributed by atoms with van der Waals surface area (Å²) >= 11 is 0. The van der Waals surface area contributed by atoms with Crippen LogP contribution in [0.3, 0.4) is 0 Å². The number of pyridine rings is 1. The Balaban J connectivity index is 1.74. The average molecular weight is 404 g/mol. The number of aromatic nitrogens is 3. The van der Waals surface area contributed by atoms with Crippen molar-refractivity contribution in [3.8, 4) is 17.1 Å². The third kappa shape index (κ3) is 3.63. The Morgan fingerprint density at radius 2 is 1.93 bits per heavy atom. The maximum Gasteiger partial charge on any atom is 0.339 e. The molecule has 4 rings (SSSR count). The number of ether oxygens (including phenoxy) is 1. The predicted octanol–water partition coefficient (Wildman–Crippen LogP) is 2.86. The van der Waals surface area contributed by atoms with Crippen LogP contribution in [0.1, 0.15) is 20.8 Å². The van der Waals surface area contributed by atoms with E-state index in [1.54, 1.807) is 30.3 Å². The molecule has 2 N–H and O–H groups in total. The summed E-state index contributed by atoms with van der Waals surface area (Å²) < 4.78 is 11.5. The van der Waals surface area contributed by atoms with Gasteiger partial charge in [0.05, 0.1) is 24.6 Å². The molecule has 3 heterocycles. The van der Waals surface area contributed by atoms with Gasteiger partial charge in [0.15, 0.2) is 5.76 Å². The highest BCUT2D eigenvalue weighted by atomic mass is 16.5. The molecule has 1 aromatic carbocycles. The van der Waals surface area contributed by atoms with Gasteiger partial charge in [-0.2, -0.15) is 5.10 Å². The molecule has 1 amide bonds. The number of furan rings is 1. The van der Waals surface area contributed by atoms with Crippen molar-refractivity contribution in [2.45, 2.75) is 0 Å². The normalized spacial score (nSPS) is 10.6. The third-order valence-electron chi connectivity index (χ3n) is 4.29. The smallest absolute Gasteiger partial charge is 0.339 e. The van der Waals surface area contributed by atoms with Crippen LogP contribution in [0.25, 0.3) is 17.1 Å². The van der Waals surface area contributed by atoms with Crippen molar-refractivity contribution in [3.63, 3.8) is 0 Å². The fraction of sp³-hybridized carbons (Fsp3) is 0.0476. The first-order chi connectivity index (χ1) is 14.6. The number of benzene rings is 1. The van der Waals surface area contributed by atoms with E-state index in [0.29, 0.717) is 17.1 Å². The van der Waals surface area contributed by atoms with E-state index in [1.807, 2.05) is 18.2 Å². The molecule has 0 unspecified atom stereocenters. The highest BCUT2D eigenvalue weighted by molar-refractivity contribution is 6.04. The number of hydrogen-bond donors (Lipinski definition) is 2. The molecule has 3 aromatic heterocycles. The van der Waals surface area contributed by atoms with Crippen molar-refractivity contribution in [2.24, 2.45) is 0 Å². The van der Waals surface area contributed by atoms with Crippen molar-refractivity contribution in [3.05, 3.63) is 88.7 Å². The summed E-state index contributed by atoms with van der Waals surface area (Å²) in [4.78, 5) is 39.3. The van der Waals surface area contributed by atoms with Crippen LogP contribution in [0.2, 0.25) is 0 Å². The molecule has 0 radical (unpaired) electrons. The molecule has 0 fully saturated rings. The molecule has 30 heavy (non-hydrogen) atoms. The number of aromatic amines is 1. The second-order valence-corrected chi connectivity index (χ2v) is 6.22. The molecule has 0 spiro atoms. The first-order valence-electron chi connectivity index (χ1n) is 8.88. The number of anilines is 1. The molecule has 0 atom stereocenters. The molecule has 0 saturated carbocycles. The fourth-order valence-corrected chi connectivity index (χ4v) is 2.85. The van der Waals surface area contributed by atoms with Gasteiger partial charge in [-0.1, -0.05) is 18.2 Å². The first-order valence-corrected chi connectivity index (χ1v) is 8.88. The fourth-order valence-electron chi connectivity index (χ4n) is 2.85. The number of methoxy groups -OCH3 is 1. The van der Waals surface area contributed by atoms with E-state index >= 15 is 0 Å². The number of carbonyl (C=O) groups excluding carboxylic acids is 2. The lowest BCUT2D eigenvalue weighted by Crippen LogP contribution is -2.23. The lowest BCUT2D eigenvalue weighted by atomic mass is 10.2. The molecule has 150 valence electrons. The summed E-state index contributed by atoms with van der Waals surface area (Å²) in [6.07, 6.45) is 2.72. The van der Waals surface area contributed by atoms with Crippen molar-refractivity contribution in [1.82, 2.24) is 14.8 Å². The minimum Gasteiger partial charge on any atom is -0.465 e. The van der Waals surface area contributed by atoms with Gasteiger partial charge < -0.3 is 19.5 Å². The molecule has 9 heteroatoms. The number of esters is 1. The van der Waals surface area contributed by atoms with Crippen LogP contribution in [0, 0.1) is 0 Å². The number of nitrogens with one attached hydrogen (secondary N) is 2. The van der Waals surface area contributed by atoms with Crippen LogP contribution >= 0.6 is 0 Å². The van der Waals surface area contributed by atoms with E-state index in [4.69, 9.17) is 4.42 Å². The first kappa shape index (κ1) is 18.9. The summed E-state index contributed by atoms with van der Waals surface area (Å²) in [5, 5.41) is 7.00. The lowest BCUT2D eigenvalue weighted by molar-refractivity contribution is 0.0600. The summed E-state index contributed by atoms with van der Waals surface area (Å²) in [6.45, 7) is 0. The van der Waals surface area contributed by atoms with Crippen molar-refractivity contribution >= 4 is 17.6 Å². The summed E-state index contributed by atoms with van der Waals surface area (Å²) in [7, 11) is 1.22. The second-order valence-electron chi connectivity index (χ2n) is 6.22. The average Bonchev–Trinajstić information content (AvgIpc) is 3.45. The quantitative estimate of drug-likeness (QED) is 0.494. The molecule has 0 bridgehead atoms. The Hall–Kier alpha value is -4.40. The van der Waals surface area contributed by atoms with E-state index in [-0.39, 0.29) is 16.9 Å². The van der Waals surface area contributed by atoms with Crippen molar-refractivity contribution < 1.29 is 18.7 Å². The molecule has 4 aromatic rings. The van der Waals surface area contributed by atoms with Gasteiger partial charge in [-0.05, 0) is 30.3 Å². The number of carbonyl (C=O) groups is 2. The minimum atomic E-state index is -0.642. The molecular weight excluding hydrogens is 388 g/mol. The van der Waals surface area contributed by atoms with Crippen LogP contribution in [0.5, 0.6) is 0 Å². The van der Waals surface area contributed by atoms with Gasteiger partial charge >= 0.3 is 5.97 Å². The van der Waals surface area contributed by atoms with Crippen LogP contribution in [0.4, 0.5) is 5.69 Å². The van der Waals surface area contributed by atoms with Gasteiger partial charge in [0.25, 0.3) is 11.5 Å². The highest BCUT2D eigenvalue weighted by Gasteiger charge is 2.20. The Kier molecular flexibility index (Phi) is 5.00. The van der Waals surface area contributed by atoms with Crippen molar-refractivity contribution in [2.75, 3.05) is 12.4 Å². The Labute approximate surface area is 169 Å². The van der Waals surface area contributed by atoms with Gasteiger partial charge in [0, 0.05) is 12.3 Å². The van der Waals surface area contributed by atoms with Crippen LogP contribution in [0.15, 0.2) is 76.3 Å². The highest BCUT2D eigenvalue weighted by Crippen LogP contribution is 2.22. The van der Waals surface area contributed by atoms with E-state index in [0.717, 1.165) is 0 Å². The zero-order valence-corrected chi connectivity index (χ0v) is 15.8. The zero-order valence-electron chi connectivity index (χ0n) is 15.8. The van der Waals surface area contributed by atoms with Crippen LogP contribution < -0.4 is 10.9 Å². The minimum absolute atomic E-state index is 0.0942.